The van der Waals surface area contributed by atoms with Gasteiger partial charge in [-0.3, -0.25) is 9.79 Å². The number of carbonyl (C=O) groups excluding carboxylic acids is 1. The molecule has 0 radical (unpaired) electrons. The first kappa shape index (κ1) is 29.4. The molecule has 4 aliphatic carbocycles. The summed E-state index contributed by atoms with van der Waals surface area (Å²) in [6.07, 6.45) is 2.28. The van der Waals surface area contributed by atoms with E-state index in [-0.39, 0.29) is 42.3 Å². The lowest BCUT2D eigenvalue weighted by Gasteiger charge is -2.72. The lowest BCUT2D eigenvalue weighted by molar-refractivity contribution is -0.153. The topological polar surface area (TPSA) is 82.1 Å². The van der Waals surface area contributed by atoms with Crippen LogP contribution in [0.15, 0.2) is 58.4 Å². The standard InChI is InChI=1S/C31H34Cl2F2N4O3S/c1-27(2)24(25(40)38-13-12-31(34,35)29(19-38)10-11-29)36-26(37-27)28-16-30(17-28,18-28)39(15-20-8-9-22(32)23(33)14-20)43(41,42)21-6-4-3-5-7-21/h3-9,14,24H,10-13,15-19H2,1-2H3,(H,36,37)/t24-,28?,30?/m0/s1. The fourth-order valence-electron chi connectivity index (χ4n) is 7.76. The van der Waals surface area contributed by atoms with Gasteiger partial charge in [0.05, 0.1) is 25.9 Å². The Morgan fingerprint density at radius 3 is 2.35 bits per heavy atom. The summed E-state index contributed by atoms with van der Waals surface area (Å²) < 4.78 is 58.7. The van der Waals surface area contributed by atoms with Crippen LogP contribution in [0.5, 0.6) is 0 Å². The number of carbonyl (C=O) groups is 1. The summed E-state index contributed by atoms with van der Waals surface area (Å²) in [5.74, 6) is -2.21. The largest absolute Gasteiger partial charge is 0.360 e. The number of nitrogens with one attached hydrogen (secondary N) is 1. The predicted octanol–water partition coefficient (Wildman–Crippen LogP) is 5.90. The van der Waals surface area contributed by atoms with Gasteiger partial charge >= 0.3 is 0 Å². The minimum atomic E-state index is -3.85. The number of piperidine rings is 1. The molecule has 0 aromatic heterocycles. The fraction of sp³-hybridized carbons (Fsp3) is 0.548. The van der Waals surface area contributed by atoms with Crippen molar-refractivity contribution in [1.82, 2.24) is 14.5 Å². The number of rotatable bonds is 7. The lowest BCUT2D eigenvalue weighted by atomic mass is 9.38. The molecule has 0 unspecified atom stereocenters. The van der Waals surface area contributed by atoms with Gasteiger partial charge in [0.15, 0.2) is 0 Å². The number of amides is 1. The molecule has 6 aliphatic rings. The van der Waals surface area contributed by atoms with E-state index in [0.29, 0.717) is 48.0 Å². The fourth-order valence-corrected chi connectivity index (χ4v) is 9.86. The van der Waals surface area contributed by atoms with Crippen LogP contribution in [-0.4, -0.2) is 65.5 Å². The van der Waals surface area contributed by atoms with Crippen LogP contribution >= 0.6 is 23.2 Å². The van der Waals surface area contributed by atoms with Crippen LogP contribution in [0.1, 0.15) is 57.9 Å². The predicted molar refractivity (Wildman–Crippen MR) is 161 cm³/mol. The highest BCUT2D eigenvalue weighted by Gasteiger charge is 2.75. The van der Waals surface area contributed by atoms with E-state index < -0.39 is 38.5 Å². The molecular formula is C31H34Cl2F2N4O3S. The van der Waals surface area contributed by atoms with Gasteiger partial charge < -0.3 is 10.2 Å². The number of amidine groups is 1. The Balaban J connectivity index is 1.11. The van der Waals surface area contributed by atoms with Crippen LogP contribution in [-0.2, 0) is 21.4 Å². The van der Waals surface area contributed by atoms with Gasteiger partial charge in [0.25, 0.3) is 5.92 Å². The van der Waals surface area contributed by atoms with Crippen molar-refractivity contribution < 1.29 is 22.0 Å². The molecule has 4 saturated carbocycles. The average molecular weight is 652 g/mol. The zero-order valence-corrected chi connectivity index (χ0v) is 26.4. The van der Waals surface area contributed by atoms with Crippen LogP contribution < -0.4 is 5.32 Å². The number of benzene rings is 2. The van der Waals surface area contributed by atoms with Crippen molar-refractivity contribution in [3.63, 3.8) is 0 Å². The first-order valence-electron chi connectivity index (χ1n) is 14.7. The number of hydrogen-bond donors (Lipinski definition) is 1. The van der Waals surface area contributed by atoms with Crippen molar-refractivity contribution in [3.8, 4) is 0 Å². The van der Waals surface area contributed by atoms with E-state index in [1.807, 2.05) is 13.8 Å². The van der Waals surface area contributed by atoms with E-state index in [1.165, 1.54) is 0 Å². The molecule has 2 bridgehead atoms. The van der Waals surface area contributed by atoms with E-state index in [1.54, 1.807) is 57.7 Å². The van der Waals surface area contributed by atoms with Gasteiger partial charge in [0.1, 0.15) is 11.9 Å². The monoisotopic (exact) mass is 650 g/mol. The molecule has 43 heavy (non-hydrogen) atoms. The highest BCUT2D eigenvalue weighted by atomic mass is 35.5. The number of sulfonamides is 1. The normalized spacial score (nSPS) is 31.2. The number of aliphatic imine (C=N–C) groups is 1. The SMILES string of the molecule is CC1(C)N=C(C23CC(N(Cc4ccc(Cl)c(Cl)c4)S(=O)(=O)c4ccccc4)(C2)C3)N[C@H]1C(=O)N1CCC(F)(F)C2(CC2)C1. The van der Waals surface area contributed by atoms with Gasteiger partial charge in [0.2, 0.25) is 15.9 Å². The van der Waals surface area contributed by atoms with E-state index in [0.717, 1.165) is 5.56 Å². The zero-order chi connectivity index (χ0) is 30.6. The molecule has 8 rings (SSSR count). The van der Waals surface area contributed by atoms with Crippen molar-refractivity contribution >= 4 is 45.0 Å². The smallest absolute Gasteiger partial charge is 0.257 e. The second-order valence-electron chi connectivity index (χ2n) is 13.8. The number of nitrogens with zero attached hydrogens (tertiary/aromatic N) is 3. The van der Waals surface area contributed by atoms with Crippen LogP contribution in [0.2, 0.25) is 10.0 Å². The molecule has 1 amide bonds. The van der Waals surface area contributed by atoms with Crippen LogP contribution in [0, 0.1) is 10.8 Å². The third-order valence-electron chi connectivity index (χ3n) is 10.4. The second-order valence-corrected chi connectivity index (χ2v) is 16.5. The number of alkyl halides is 2. The summed E-state index contributed by atoms with van der Waals surface area (Å²) in [7, 11) is -3.85. The number of hydrogen-bond acceptors (Lipinski definition) is 5. The quantitative estimate of drug-likeness (QED) is 0.404. The third kappa shape index (κ3) is 4.45. The maximum atomic E-state index is 14.5. The van der Waals surface area contributed by atoms with E-state index >= 15 is 0 Å². The summed E-state index contributed by atoms with van der Waals surface area (Å²) in [6.45, 7) is 4.03. The van der Waals surface area contributed by atoms with Gasteiger partial charge in [-0.05, 0) is 75.8 Å². The minimum absolute atomic E-state index is 0.0342. The summed E-state index contributed by atoms with van der Waals surface area (Å²) in [4.78, 5) is 20.5. The molecule has 2 aliphatic heterocycles. The first-order chi connectivity index (χ1) is 20.1. The van der Waals surface area contributed by atoms with Gasteiger partial charge in [-0.2, -0.15) is 4.31 Å². The maximum absolute atomic E-state index is 14.5. The molecule has 2 aromatic rings. The third-order valence-corrected chi connectivity index (χ3v) is 13.1. The number of likely N-dealkylation sites (tertiary alicyclic amines) is 1. The highest BCUT2D eigenvalue weighted by Crippen LogP contribution is 2.71. The molecule has 12 heteroatoms. The summed E-state index contributed by atoms with van der Waals surface area (Å²) in [6, 6.07) is 12.9. The molecule has 230 valence electrons. The van der Waals surface area contributed by atoms with Crippen molar-refractivity contribution in [2.75, 3.05) is 13.1 Å². The molecule has 1 N–H and O–H groups in total. The number of halogens is 4. The molecule has 1 atom stereocenters. The minimum Gasteiger partial charge on any atom is -0.360 e. The Bertz CT molecular complexity index is 1630. The Kier molecular flexibility index (Phi) is 6.42. The molecular weight excluding hydrogens is 617 g/mol. The van der Waals surface area contributed by atoms with Gasteiger partial charge in [0, 0.05) is 37.0 Å². The lowest BCUT2D eigenvalue weighted by Crippen LogP contribution is -2.78. The van der Waals surface area contributed by atoms with E-state index in [2.05, 4.69) is 5.32 Å². The zero-order valence-electron chi connectivity index (χ0n) is 24.0. The maximum Gasteiger partial charge on any atom is 0.257 e. The molecule has 2 heterocycles. The van der Waals surface area contributed by atoms with Crippen LogP contribution in [0.4, 0.5) is 8.78 Å². The van der Waals surface area contributed by atoms with Crippen molar-refractivity contribution in [3.05, 3.63) is 64.1 Å². The average Bonchev–Trinajstić information content (AvgIpc) is 3.62. The Hall–Kier alpha value is -2.27. The van der Waals surface area contributed by atoms with Crippen LogP contribution in [0.25, 0.3) is 0 Å². The molecule has 7 nitrogen and oxygen atoms in total. The van der Waals surface area contributed by atoms with E-state index in [4.69, 9.17) is 28.2 Å². The summed E-state index contributed by atoms with van der Waals surface area (Å²) in [5, 5.41) is 4.15. The van der Waals surface area contributed by atoms with E-state index in [9.17, 15) is 22.0 Å². The van der Waals surface area contributed by atoms with Crippen molar-refractivity contribution in [1.29, 1.82) is 0 Å². The first-order valence-corrected chi connectivity index (χ1v) is 16.9. The molecule has 5 fully saturated rings. The summed E-state index contributed by atoms with van der Waals surface area (Å²) in [5.41, 5.74) is -2.07. The van der Waals surface area contributed by atoms with Crippen molar-refractivity contribution in [2.24, 2.45) is 15.8 Å². The van der Waals surface area contributed by atoms with Gasteiger partial charge in [-0.1, -0.05) is 47.5 Å². The Morgan fingerprint density at radius 1 is 1.05 bits per heavy atom. The van der Waals surface area contributed by atoms with Gasteiger partial charge in [-0.25, -0.2) is 17.2 Å². The van der Waals surface area contributed by atoms with Crippen molar-refractivity contribution in [2.45, 2.75) is 86.9 Å². The van der Waals surface area contributed by atoms with Gasteiger partial charge in [-0.15, -0.1) is 0 Å². The Morgan fingerprint density at radius 2 is 1.72 bits per heavy atom. The Labute approximate surface area is 260 Å². The highest BCUT2D eigenvalue weighted by molar-refractivity contribution is 7.89. The molecule has 2 aromatic carbocycles. The van der Waals surface area contributed by atoms with Crippen LogP contribution in [0.3, 0.4) is 0 Å². The molecule has 1 saturated heterocycles. The molecule has 1 spiro atoms. The second kappa shape index (κ2) is 9.37. The summed E-state index contributed by atoms with van der Waals surface area (Å²) >= 11 is 12.4.